The number of nitrogens with one attached hydrogen (secondary N) is 1. The van der Waals surface area contributed by atoms with E-state index in [-0.39, 0.29) is 12.0 Å². The van der Waals surface area contributed by atoms with Gasteiger partial charge in [-0.05, 0) is 50.5 Å². The predicted octanol–water partition coefficient (Wildman–Crippen LogP) is 3.16. The lowest BCUT2D eigenvalue weighted by Gasteiger charge is -2.30. The van der Waals surface area contributed by atoms with E-state index < -0.39 is 11.6 Å². The Balaban J connectivity index is 1.70. The second-order valence-electron chi connectivity index (χ2n) is 7.71. The number of hydrogen-bond acceptors (Lipinski definition) is 4. The fourth-order valence-electron chi connectivity index (χ4n) is 3.11. The Morgan fingerprint density at radius 1 is 1.15 bits per heavy atom. The first-order valence-corrected chi connectivity index (χ1v) is 9.12. The minimum atomic E-state index is -0.508. The summed E-state index contributed by atoms with van der Waals surface area (Å²) >= 11 is 0. The van der Waals surface area contributed by atoms with Crippen molar-refractivity contribution in [2.75, 3.05) is 24.5 Å². The predicted molar refractivity (Wildman–Crippen MR) is 102 cm³/mol. The summed E-state index contributed by atoms with van der Waals surface area (Å²) in [4.78, 5) is 38.8. The molecule has 0 aliphatic carbocycles. The Labute approximate surface area is 159 Å². The van der Waals surface area contributed by atoms with Gasteiger partial charge in [-0.1, -0.05) is 18.2 Å². The van der Waals surface area contributed by atoms with Gasteiger partial charge in [0, 0.05) is 31.7 Å². The standard InChI is InChI=1S/C20H25N3O4/c1-20(2,3)27-19(26)22-10-7-14(8-11-22)15-5-4-6-16(13-15)23-12-9-17(24)21-18(23)25/h4-7,13H,8-12H2,1-3H3,(H,21,24,25). The smallest absolute Gasteiger partial charge is 0.410 e. The molecule has 1 aromatic rings. The third-order valence-electron chi connectivity index (χ3n) is 4.44. The molecule has 0 atom stereocenters. The summed E-state index contributed by atoms with van der Waals surface area (Å²) in [6, 6.07) is 7.30. The molecule has 3 rings (SSSR count). The van der Waals surface area contributed by atoms with Gasteiger partial charge in [-0.15, -0.1) is 0 Å². The molecule has 0 saturated carbocycles. The molecule has 0 spiro atoms. The molecule has 27 heavy (non-hydrogen) atoms. The van der Waals surface area contributed by atoms with Crippen molar-refractivity contribution in [1.82, 2.24) is 10.2 Å². The van der Waals surface area contributed by atoms with Crippen LogP contribution in [0.2, 0.25) is 0 Å². The van der Waals surface area contributed by atoms with Crippen LogP contribution in [0.3, 0.4) is 0 Å². The molecule has 0 bridgehead atoms. The topological polar surface area (TPSA) is 79.0 Å². The quantitative estimate of drug-likeness (QED) is 0.866. The summed E-state index contributed by atoms with van der Waals surface area (Å²) in [7, 11) is 0. The summed E-state index contributed by atoms with van der Waals surface area (Å²) in [5, 5.41) is 2.34. The van der Waals surface area contributed by atoms with Gasteiger partial charge >= 0.3 is 12.1 Å². The van der Waals surface area contributed by atoms with Crippen LogP contribution >= 0.6 is 0 Å². The van der Waals surface area contributed by atoms with Crippen molar-refractivity contribution in [1.29, 1.82) is 0 Å². The fourth-order valence-corrected chi connectivity index (χ4v) is 3.11. The van der Waals surface area contributed by atoms with E-state index in [1.54, 1.807) is 9.80 Å². The molecule has 7 nitrogen and oxygen atoms in total. The van der Waals surface area contributed by atoms with Crippen molar-refractivity contribution in [3.63, 3.8) is 0 Å². The second-order valence-corrected chi connectivity index (χ2v) is 7.71. The number of carbonyl (C=O) groups is 3. The molecule has 0 radical (unpaired) electrons. The number of rotatable bonds is 2. The summed E-state index contributed by atoms with van der Waals surface area (Å²) in [5.41, 5.74) is 2.39. The molecule has 4 amide bonds. The van der Waals surface area contributed by atoms with Crippen molar-refractivity contribution in [3.05, 3.63) is 35.9 Å². The summed E-state index contributed by atoms with van der Waals surface area (Å²) in [5.74, 6) is -0.246. The molecular formula is C20H25N3O4. The van der Waals surface area contributed by atoms with Crippen molar-refractivity contribution < 1.29 is 19.1 Å². The average molecular weight is 371 g/mol. The zero-order chi connectivity index (χ0) is 19.6. The van der Waals surface area contributed by atoms with Gasteiger partial charge in [0.2, 0.25) is 5.91 Å². The lowest BCUT2D eigenvalue weighted by atomic mass is 9.99. The maximum atomic E-state index is 12.2. The van der Waals surface area contributed by atoms with E-state index in [4.69, 9.17) is 4.74 Å². The molecule has 1 saturated heterocycles. The molecule has 0 unspecified atom stereocenters. The highest BCUT2D eigenvalue weighted by Crippen LogP contribution is 2.27. The van der Waals surface area contributed by atoms with Crippen molar-refractivity contribution in [3.8, 4) is 0 Å². The summed E-state index contributed by atoms with van der Waals surface area (Å²) in [6.07, 6.45) is 2.73. The SMILES string of the molecule is CC(C)(C)OC(=O)N1CC=C(c2cccc(N3CCC(=O)NC3=O)c2)CC1. The van der Waals surface area contributed by atoms with Gasteiger partial charge in [-0.25, -0.2) is 9.59 Å². The normalized spacial score (nSPS) is 18.1. The van der Waals surface area contributed by atoms with Crippen LogP contribution in [0.5, 0.6) is 0 Å². The van der Waals surface area contributed by atoms with E-state index in [1.807, 2.05) is 51.1 Å². The Hall–Kier alpha value is -2.83. The lowest BCUT2D eigenvalue weighted by Crippen LogP contribution is -2.49. The highest BCUT2D eigenvalue weighted by molar-refractivity contribution is 6.05. The minimum Gasteiger partial charge on any atom is -0.444 e. The Bertz CT molecular complexity index is 795. The number of amides is 4. The van der Waals surface area contributed by atoms with Crippen LogP contribution in [0.4, 0.5) is 15.3 Å². The molecular weight excluding hydrogens is 346 g/mol. The van der Waals surface area contributed by atoms with Crippen LogP contribution < -0.4 is 10.2 Å². The average Bonchev–Trinajstić information content (AvgIpc) is 2.60. The largest absolute Gasteiger partial charge is 0.444 e. The molecule has 1 aromatic carbocycles. The van der Waals surface area contributed by atoms with Gasteiger partial charge in [0.25, 0.3) is 0 Å². The van der Waals surface area contributed by atoms with Crippen molar-refractivity contribution >= 4 is 29.3 Å². The van der Waals surface area contributed by atoms with Crippen LogP contribution in [0.25, 0.3) is 5.57 Å². The maximum Gasteiger partial charge on any atom is 0.410 e. The van der Waals surface area contributed by atoms with Gasteiger partial charge in [0.05, 0.1) is 0 Å². The van der Waals surface area contributed by atoms with Gasteiger partial charge in [-0.2, -0.15) is 0 Å². The zero-order valence-electron chi connectivity index (χ0n) is 15.9. The highest BCUT2D eigenvalue weighted by Gasteiger charge is 2.26. The van der Waals surface area contributed by atoms with Crippen LogP contribution in [-0.2, 0) is 9.53 Å². The molecule has 144 valence electrons. The fraction of sp³-hybridized carbons (Fsp3) is 0.450. The van der Waals surface area contributed by atoms with Crippen molar-refractivity contribution in [2.24, 2.45) is 0 Å². The van der Waals surface area contributed by atoms with Crippen LogP contribution in [-0.4, -0.2) is 48.2 Å². The van der Waals surface area contributed by atoms with Crippen LogP contribution in [0, 0.1) is 0 Å². The Morgan fingerprint density at radius 3 is 2.56 bits per heavy atom. The van der Waals surface area contributed by atoms with E-state index >= 15 is 0 Å². The van der Waals surface area contributed by atoms with Gasteiger partial charge in [0.15, 0.2) is 0 Å². The Morgan fingerprint density at radius 2 is 1.93 bits per heavy atom. The first-order valence-electron chi connectivity index (χ1n) is 9.12. The molecule has 0 aromatic heterocycles. The van der Waals surface area contributed by atoms with Gasteiger partial charge in [-0.3, -0.25) is 15.0 Å². The lowest BCUT2D eigenvalue weighted by molar-refractivity contribution is -0.120. The molecule has 2 aliphatic heterocycles. The number of hydrogen-bond donors (Lipinski definition) is 1. The first-order chi connectivity index (χ1) is 12.7. The number of nitrogens with zero attached hydrogens (tertiary/aromatic N) is 2. The first kappa shape index (κ1) is 18.9. The molecule has 1 N–H and O–H groups in total. The third-order valence-corrected chi connectivity index (χ3v) is 4.44. The number of urea groups is 1. The number of anilines is 1. The number of benzene rings is 1. The van der Waals surface area contributed by atoms with Gasteiger partial charge < -0.3 is 9.64 Å². The van der Waals surface area contributed by atoms with Crippen molar-refractivity contribution in [2.45, 2.75) is 39.2 Å². The minimum absolute atomic E-state index is 0.246. The molecule has 2 heterocycles. The molecule has 1 fully saturated rings. The van der Waals surface area contributed by atoms with E-state index in [0.29, 0.717) is 32.5 Å². The number of carbonyl (C=O) groups excluding carboxylic acids is 3. The summed E-state index contributed by atoms with van der Waals surface area (Å²) in [6.45, 7) is 7.01. The zero-order valence-corrected chi connectivity index (χ0v) is 15.9. The summed E-state index contributed by atoms with van der Waals surface area (Å²) < 4.78 is 5.42. The number of imide groups is 1. The van der Waals surface area contributed by atoms with Crippen LogP contribution in [0.15, 0.2) is 30.3 Å². The maximum absolute atomic E-state index is 12.2. The monoisotopic (exact) mass is 371 g/mol. The second kappa shape index (κ2) is 7.42. The van der Waals surface area contributed by atoms with E-state index in [1.165, 1.54) is 0 Å². The van der Waals surface area contributed by atoms with E-state index in [9.17, 15) is 14.4 Å². The van der Waals surface area contributed by atoms with E-state index in [0.717, 1.165) is 16.8 Å². The molecule has 2 aliphatic rings. The van der Waals surface area contributed by atoms with E-state index in [2.05, 4.69) is 5.32 Å². The molecule has 7 heteroatoms. The highest BCUT2D eigenvalue weighted by atomic mass is 16.6. The van der Waals surface area contributed by atoms with Crippen LogP contribution in [0.1, 0.15) is 39.2 Å². The third kappa shape index (κ3) is 4.67. The Kier molecular flexibility index (Phi) is 5.21. The number of ether oxygens (including phenoxy) is 1. The van der Waals surface area contributed by atoms with Gasteiger partial charge in [0.1, 0.15) is 5.60 Å².